The fourth-order valence-electron chi connectivity index (χ4n) is 11.0. The van der Waals surface area contributed by atoms with E-state index in [1.807, 2.05) is 0 Å². The zero-order valence-corrected chi connectivity index (χ0v) is 50.3. The molecule has 1 aliphatic rings. The molecule has 0 bridgehead atoms. The fourth-order valence-corrected chi connectivity index (χ4v) is 11.0. The Morgan fingerprint density at radius 2 is 0.776 bits per heavy atom. The van der Waals surface area contributed by atoms with E-state index in [9.17, 15) is 30.3 Å². The van der Waals surface area contributed by atoms with Crippen LogP contribution in [0.25, 0.3) is 0 Å². The lowest BCUT2D eigenvalue weighted by molar-refractivity contribution is -0.302. The Balaban J connectivity index is 2.13. The van der Waals surface area contributed by atoms with Crippen LogP contribution in [0.1, 0.15) is 341 Å². The van der Waals surface area contributed by atoms with Gasteiger partial charge in [-0.25, -0.2) is 0 Å². The number of hydrogen-bond acceptors (Lipinski definition) is 8. The van der Waals surface area contributed by atoms with Gasteiger partial charge in [0, 0.05) is 6.42 Å². The molecule has 0 radical (unpaired) electrons. The Morgan fingerprint density at radius 3 is 1.13 bits per heavy atom. The number of carbonyl (C=O) groups is 1. The van der Waals surface area contributed by atoms with Crippen molar-refractivity contribution in [2.45, 2.75) is 384 Å². The van der Waals surface area contributed by atoms with Gasteiger partial charge in [-0.2, -0.15) is 0 Å². The quantitative estimate of drug-likeness (QED) is 0.0261. The van der Waals surface area contributed by atoms with Crippen molar-refractivity contribution in [2.24, 2.45) is 0 Å². The number of amides is 1. The van der Waals surface area contributed by atoms with E-state index in [1.54, 1.807) is 0 Å². The zero-order chi connectivity index (χ0) is 55.0. The van der Waals surface area contributed by atoms with E-state index in [-0.39, 0.29) is 12.5 Å². The Kier molecular flexibility index (Phi) is 54.4. The van der Waals surface area contributed by atoms with Crippen LogP contribution in [0.2, 0.25) is 0 Å². The first-order valence-electron chi connectivity index (χ1n) is 33.5. The molecule has 1 heterocycles. The summed E-state index contributed by atoms with van der Waals surface area (Å²) in [4.78, 5) is 13.1. The summed E-state index contributed by atoms with van der Waals surface area (Å²) in [6.45, 7) is 3.89. The summed E-state index contributed by atoms with van der Waals surface area (Å²) >= 11 is 0. The molecule has 1 aliphatic heterocycles. The van der Waals surface area contributed by atoms with Gasteiger partial charge in [-0.15, -0.1) is 0 Å². The van der Waals surface area contributed by atoms with E-state index < -0.39 is 49.5 Å². The molecule has 0 aromatic rings. The highest BCUT2D eigenvalue weighted by Crippen LogP contribution is 2.24. The maximum atomic E-state index is 13.1. The molecule has 9 heteroatoms. The maximum Gasteiger partial charge on any atom is 0.220 e. The largest absolute Gasteiger partial charge is 0.394 e. The van der Waals surface area contributed by atoms with Crippen LogP contribution in [0.5, 0.6) is 0 Å². The number of ether oxygens (including phenoxy) is 2. The van der Waals surface area contributed by atoms with Crippen LogP contribution in [-0.2, 0) is 14.3 Å². The molecule has 1 saturated heterocycles. The molecule has 0 aromatic heterocycles. The van der Waals surface area contributed by atoms with E-state index in [0.29, 0.717) is 12.8 Å². The minimum atomic E-state index is -1.55. The molecule has 450 valence electrons. The van der Waals surface area contributed by atoms with Crippen LogP contribution in [0.4, 0.5) is 0 Å². The monoisotopic (exact) mass is 1080 g/mol. The van der Waals surface area contributed by atoms with Crippen LogP contribution in [-0.4, -0.2) is 87.5 Å². The number of carbonyl (C=O) groups excluding carboxylic acids is 1. The van der Waals surface area contributed by atoms with Crippen LogP contribution >= 0.6 is 0 Å². The van der Waals surface area contributed by atoms with Gasteiger partial charge in [0.2, 0.25) is 5.91 Å². The average Bonchev–Trinajstić information content (AvgIpc) is 3.42. The first-order chi connectivity index (χ1) is 37.3. The molecule has 9 nitrogen and oxygen atoms in total. The highest BCUT2D eigenvalue weighted by atomic mass is 16.7. The predicted octanol–water partition coefficient (Wildman–Crippen LogP) is 17.7. The molecule has 1 amide bonds. The summed E-state index contributed by atoms with van der Waals surface area (Å²) in [5, 5.41) is 54.9. The topological polar surface area (TPSA) is 149 Å². The third-order valence-electron chi connectivity index (χ3n) is 16.3. The number of rotatable bonds is 59. The van der Waals surface area contributed by atoms with Crippen LogP contribution in [0, 0.1) is 0 Å². The van der Waals surface area contributed by atoms with E-state index in [2.05, 4.69) is 43.5 Å². The van der Waals surface area contributed by atoms with Gasteiger partial charge < -0.3 is 40.3 Å². The lowest BCUT2D eigenvalue weighted by Crippen LogP contribution is -2.60. The minimum Gasteiger partial charge on any atom is -0.394 e. The third-order valence-corrected chi connectivity index (χ3v) is 16.3. The first-order valence-corrected chi connectivity index (χ1v) is 33.5. The van der Waals surface area contributed by atoms with Gasteiger partial charge in [0.25, 0.3) is 0 Å². The minimum absolute atomic E-state index is 0.135. The molecule has 0 spiro atoms. The Labute approximate surface area is 470 Å². The van der Waals surface area contributed by atoms with Gasteiger partial charge in [-0.05, 0) is 44.9 Å². The SMILES string of the molecule is CCCCCCCCCCC/C=C\C/C=C\CCCCCCCCCCCCCCCC(=O)NC(COC1OC(CO)C(O)C(O)C1O)C(O)CCCCCCCCCCCCCCCCCCCCCCCCCC. The molecule has 1 fully saturated rings. The summed E-state index contributed by atoms with van der Waals surface area (Å²) in [6, 6.07) is -0.719. The summed E-state index contributed by atoms with van der Waals surface area (Å²) < 4.78 is 11.4. The van der Waals surface area contributed by atoms with E-state index >= 15 is 0 Å². The molecule has 0 aromatic carbocycles. The molecule has 76 heavy (non-hydrogen) atoms. The summed E-state index contributed by atoms with van der Waals surface area (Å²) in [7, 11) is 0. The number of hydrogen-bond donors (Lipinski definition) is 6. The predicted molar refractivity (Wildman–Crippen MR) is 323 cm³/mol. The van der Waals surface area contributed by atoms with Crippen molar-refractivity contribution in [2.75, 3.05) is 13.2 Å². The zero-order valence-electron chi connectivity index (χ0n) is 50.3. The van der Waals surface area contributed by atoms with Crippen molar-refractivity contribution in [3.05, 3.63) is 24.3 Å². The van der Waals surface area contributed by atoms with Crippen molar-refractivity contribution < 1.29 is 39.8 Å². The lowest BCUT2D eigenvalue weighted by Gasteiger charge is -2.40. The van der Waals surface area contributed by atoms with Gasteiger partial charge in [-0.1, -0.05) is 314 Å². The second kappa shape index (κ2) is 56.9. The maximum absolute atomic E-state index is 13.1. The van der Waals surface area contributed by atoms with Crippen LogP contribution < -0.4 is 5.32 Å². The van der Waals surface area contributed by atoms with Gasteiger partial charge in [-0.3, -0.25) is 4.79 Å². The smallest absolute Gasteiger partial charge is 0.220 e. The number of nitrogens with one attached hydrogen (secondary N) is 1. The Hall–Kier alpha value is -1.33. The number of aliphatic hydroxyl groups excluding tert-OH is 5. The molecule has 7 unspecified atom stereocenters. The molecule has 1 rings (SSSR count). The van der Waals surface area contributed by atoms with Gasteiger partial charge in [0.05, 0.1) is 25.4 Å². The third kappa shape index (κ3) is 45.4. The first kappa shape index (κ1) is 72.7. The lowest BCUT2D eigenvalue weighted by atomic mass is 9.99. The second-order valence-corrected chi connectivity index (χ2v) is 23.6. The normalized spacial score (nSPS) is 18.9. The van der Waals surface area contributed by atoms with Crippen molar-refractivity contribution in [1.82, 2.24) is 5.32 Å². The van der Waals surface area contributed by atoms with Crippen molar-refractivity contribution in [1.29, 1.82) is 0 Å². The van der Waals surface area contributed by atoms with Crippen LogP contribution in [0.3, 0.4) is 0 Å². The van der Waals surface area contributed by atoms with Gasteiger partial charge in [0.1, 0.15) is 24.4 Å². The average molecular weight is 1080 g/mol. The molecular weight excluding hydrogens is 947 g/mol. The summed E-state index contributed by atoms with van der Waals surface area (Å²) in [5.74, 6) is -0.139. The van der Waals surface area contributed by atoms with Gasteiger partial charge >= 0.3 is 0 Å². The highest BCUT2D eigenvalue weighted by Gasteiger charge is 2.44. The number of allylic oxidation sites excluding steroid dienone is 4. The Bertz CT molecular complexity index is 1250. The second-order valence-electron chi connectivity index (χ2n) is 23.6. The van der Waals surface area contributed by atoms with Gasteiger partial charge in [0.15, 0.2) is 6.29 Å². The standard InChI is InChI=1S/C67H129NO8/c1-3-5-7-9-11-13-15-17-19-21-23-25-27-29-30-31-32-33-35-37-39-41-43-45-47-49-51-53-55-57-63(71)68-60(59-75-67-66(74)65(73)64(72)62(58-69)76-67)61(70)56-54-52-50-48-46-44-42-40-38-36-34-28-26-24-22-20-18-16-14-12-10-8-6-4-2/h23,25,29-30,60-62,64-67,69-70,72-74H,3-22,24,26-28,31-59H2,1-2H3,(H,68,71)/b25-23-,30-29-. The number of aliphatic hydroxyl groups is 5. The van der Waals surface area contributed by atoms with Crippen molar-refractivity contribution in [3.8, 4) is 0 Å². The van der Waals surface area contributed by atoms with Crippen molar-refractivity contribution >= 4 is 5.91 Å². The molecular formula is C67H129NO8. The van der Waals surface area contributed by atoms with Crippen LogP contribution in [0.15, 0.2) is 24.3 Å². The molecule has 6 N–H and O–H groups in total. The highest BCUT2D eigenvalue weighted by molar-refractivity contribution is 5.76. The fraction of sp³-hybridized carbons (Fsp3) is 0.925. The van der Waals surface area contributed by atoms with E-state index in [4.69, 9.17) is 9.47 Å². The molecule has 0 aliphatic carbocycles. The summed E-state index contributed by atoms with van der Waals surface area (Å²) in [5.41, 5.74) is 0. The van der Waals surface area contributed by atoms with E-state index in [1.165, 1.54) is 270 Å². The number of unbranched alkanes of at least 4 members (excludes halogenated alkanes) is 45. The summed E-state index contributed by atoms with van der Waals surface area (Å²) in [6.07, 6.45) is 66.6. The van der Waals surface area contributed by atoms with Crippen molar-refractivity contribution in [3.63, 3.8) is 0 Å². The van der Waals surface area contributed by atoms with E-state index in [0.717, 1.165) is 44.9 Å². The Morgan fingerprint density at radius 1 is 0.447 bits per heavy atom. The molecule has 0 saturated carbocycles. The molecule has 7 atom stereocenters.